The molecule has 3 rings (SSSR count). The summed E-state index contributed by atoms with van der Waals surface area (Å²) in [5, 5.41) is 27.7. The van der Waals surface area contributed by atoms with Crippen LogP contribution in [0.1, 0.15) is 12.6 Å². The first-order chi connectivity index (χ1) is 15.6. The number of rotatable bonds is 8. The van der Waals surface area contributed by atoms with Gasteiger partial charge in [-0.25, -0.2) is 4.98 Å². The number of fused-ring (bicyclic) bond motifs is 1. The number of thiazole rings is 1. The number of β-lactam (4-membered cyclic amide) rings is 1. The summed E-state index contributed by atoms with van der Waals surface area (Å²) in [5.41, 5.74) is -1.96. The number of alkyl halides is 1. The van der Waals surface area contributed by atoms with Crippen molar-refractivity contribution in [2.45, 2.75) is 18.3 Å². The molecular formula is C17H18ClN5O8S2. The number of nitrogens with zero attached hydrogens (tertiary/aromatic N) is 3. The van der Waals surface area contributed by atoms with E-state index in [1.165, 1.54) is 10.3 Å². The zero-order valence-electron chi connectivity index (χ0n) is 16.9. The number of oxime groups is 1. The van der Waals surface area contributed by atoms with E-state index in [9.17, 15) is 34.3 Å². The van der Waals surface area contributed by atoms with Crippen LogP contribution in [0.15, 0.2) is 10.5 Å². The lowest BCUT2D eigenvalue weighted by Gasteiger charge is -2.53. The molecule has 0 spiro atoms. The Kier molecular flexibility index (Phi) is 7.44. The average molecular weight is 520 g/mol. The van der Waals surface area contributed by atoms with Gasteiger partial charge in [0.15, 0.2) is 10.8 Å². The summed E-state index contributed by atoms with van der Waals surface area (Å²) in [4.78, 5) is 64.8. The van der Waals surface area contributed by atoms with Crippen LogP contribution in [0.25, 0.3) is 0 Å². The van der Waals surface area contributed by atoms with Crippen molar-refractivity contribution in [3.8, 4) is 0 Å². The van der Waals surface area contributed by atoms with E-state index in [2.05, 4.69) is 20.8 Å². The van der Waals surface area contributed by atoms with Crippen molar-refractivity contribution in [1.82, 2.24) is 15.2 Å². The molecule has 16 heteroatoms. The first-order valence-corrected chi connectivity index (χ1v) is 11.7. The van der Waals surface area contributed by atoms with Gasteiger partial charge in [-0.2, -0.15) is 0 Å². The minimum absolute atomic E-state index is 0.0314. The molecule has 178 valence electrons. The summed E-state index contributed by atoms with van der Waals surface area (Å²) in [6.07, 6.45) is 0. The summed E-state index contributed by atoms with van der Waals surface area (Å²) >= 11 is 7.51. The van der Waals surface area contributed by atoms with E-state index in [1.54, 1.807) is 0 Å². The number of thioether (sulfide) groups is 1. The summed E-state index contributed by atoms with van der Waals surface area (Å²) < 4.78 is 4.88. The normalized spacial score (nSPS) is 24.4. The largest absolute Gasteiger partial charge is 0.481 e. The summed E-state index contributed by atoms with van der Waals surface area (Å²) in [6, 6.07) is -0.978. The molecule has 3 atom stereocenters. The fourth-order valence-electron chi connectivity index (χ4n) is 3.16. The topological polar surface area (TPSA) is 188 Å². The molecule has 1 aromatic rings. The molecule has 3 amide bonds. The highest BCUT2D eigenvalue weighted by molar-refractivity contribution is 8.00. The van der Waals surface area contributed by atoms with E-state index in [0.29, 0.717) is 0 Å². The Labute approximate surface area is 199 Å². The average Bonchev–Trinajstić information content (AvgIpc) is 3.23. The van der Waals surface area contributed by atoms with Gasteiger partial charge in [0.1, 0.15) is 35.0 Å². The van der Waals surface area contributed by atoms with E-state index in [1.807, 2.05) is 0 Å². The molecule has 0 saturated carbocycles. The predicted molar refractivity (Wildman–Crippen MR) is 116 cm³/mol. The van der Waals surface area contributed by atoms with Crippen molar-refractivity contribution >= 4 is 75.2 Å². The second kappa shape index (κ2) is 9.93. The zero-order chi connectivity index (χ0) is 24.3. The third-order valence-electron chi connectivity index (χ3n) is 4.87. The van der Waals surface area contributed by atoms with Crippen molar-refractivity contribution < 1.29 is 39.0 Å². The van der Waals surface area contributed by atoms with Crippen molar-refractivity contribution in [2.24, 2.45) is 10.6 Å². The molecule has 2 fully saturated rings. The molecule has 4 N–H and O–H groups in total. The van der Waals surface area contributed by atoms with Gasteiger partial charge in [0, 0.05) is 24.6 Å². The molecule has 2 aliphatic heterocycles. The smallest absolute Gasteiger partial charge is 0.315 e. The molecule has 0 aromatic carbocycles. The van der Waals surface area contributed by atoms with Crippen LogP contribution in [0.4, 0.5) is 5.13 Å². The Morgan fingerprint density at radius 2 is 2.15 bits per heavy atom. The van der Waals surface area contributed by atoms with E-state index >= 15 is 0 Å². The van der Waals surface area contributed by atoms with Crippen molar-refractivity contribution in [2.75, 3.05) is 30.1 Å². The summed E-state index contributed by atoms with van der Waals surface area (Å²) in [5.74, 6) is -4.00. The van der Waals surface area contributed by atoms with Gasteiger partial charge in [0.2, 0.25) is 11.8 Å². The number of amides is 3. The number of carboxylic acids is 1. The van der Waals surface area contributed by atoms with Gasteiger partial charge in [-0.05, 0) is 0 Å². The molecule has 2 saturated heterocycles. The third-order valence-corrected chi connectivity index (χ3v) is 7.45. The van der Waals surface area contributed by atoms with Crippen molar-refractivity contribution in [3.05, 3.63) is 11.1 Å². The molecule has 33 heavy (non-hydrogen) atoms. The number of carbonyl (C=O) groups is 5. The predicted octanol–water partition coefficient (Wildman–Crippen LogP) is -0.467. The fourth-order valence-corrected chi connectivity index (χ4v) is 5.46. The van der Waals surface area contributed by atoms with Crippen LogP contribution in [0, 0.1) is 5.41 Å². The Bertz CT molecular complexity index is 1030. The van der Waals surface area contributed by atoms with E-state index < -0.39 is 52.2 Å². The number of esters is 1. The molecule has 0 radical (unpaired) electrons. The Morgan fingerprint density at radius 1 is 1.42 bits per heavy atom. The van der Waals surface area contributed by atoms with Crippen LogP contribution in [-0.4, -0.2) is 91.8 Å². The lowest BCUT2D eigenvalue weighted by molar-refractivity contribution is -0.164. The van der Waals surface area contributed by atoms with E-state index in [4.69, 9.17) is 16.3 Å². The van der Waals surface area contributed by atoms with Crippen molar-refractivity contribution in [3.63, 3.8) is 0 Å². The highest BCUT2D eigenvalue weighted by Crippen LogP contribution is 2.42. The Morgan fingerprint density at radius 3 is 2.76 bits per heavy atom. The summed E-state index contributed by atoms with van der Waals surface area (Å²) in [7, 11) is 0. The maximum Gasteiger partial charge on any atom is 0.315 e. The van der Waals surface area contributed by atoms with Gasteiger partial charge in [0.05, 0.1) is 0 Å². The number of ether oxygens (including phenoxy) is 1. The Hall–Kier alpha value is -2.91. The number of hydrogen-bond acceptors (Lipinski definition) is 11. The standard InChI is InChI=1S/C17H18ClN5O8S2/c1-7(24)31-5-17(15(28)29)4-23-13(27)11(14(23)33-6-17)21-12(26)10(22-30)8-3-32-16(19-8)20-9(25)2-18/h3,11,14,30H,2,4-6H2,1H3,(H,21,26)(H,28,29)(H,19,20,25)/t11?,14-,17?/m1/s1. The molecule has 0 aliphatic carbocycles. The van der Waals surface area contributed by atoms with Crippen LogP contribution >= 0.6 is 34.7 Å². The number of anilines is 1. The maximum absolute atomic E-state index is 12.6. The number of aliphatic carboxylic acids is 1. The lowest BCUT2D eigenvalue weighted by Crippen LogP contribution is -2.74. The monoisotopic (exact) mass is 519 g/mol. The first-order valence-electron chi connectivity index (χ1n) is 9.25. The minimum atomic E-state index is -1.46. The number of carbonyl (C=O) groups excluding carboxylic acids is 4. The third kappa shape index (κ3) is 5.04. The van der Waals surface area contributed by atoms with Gasteiger partial charge in [-0.3, -0.25) is 24.0 Å². The second-order valence-electron chi connectivity index (χ2n) is 7.15. The molecule has 0 bridgehead atoms. The zero-order valence-corrected chi connectivity index (χ0v) is 19.3. The first kappa shape index (κ1) is 24.7. The Balaban J connectivity index is 1.65. The van der Waals surface area contributed by atoms with Crippen molar-refractivity contribution in [1.29, 1.82) is 0 Å². The van der Waals surface area contributed by atoms with Gasteiger partial charge in [-0.1, -0.05) is 5.16 Å². The quantitative estimate of drug-likeness (QED) is 0.0872. The second-order valence-corrected chi connectivity index (χ2v) is 9.38. The van der Waals surface area contributed by atoms with Crippen LogP contribution < -0.4 is 10.6 Å². The maximum atomic E-state index is 12.6. The SMILES string of the molecule is CC(=O)OCC1(C(=O)O)CS[C@@H]2C(NC(=O)C(=NO)c3csc(NC(=O)CCl)n3)C(=O)N2C1. The molecule has 3 heterocycles. The van der Waals surface area contributed by atoms with Gasteiger partial charge < -0.3 is 30.6 Å². The van der Waals surface area contributed by atoms with E-state index in [-0.39, 0.29) is 35.6 Å². The minimum Gasteiger partial charge on any atom is -0.481 e. The molecule has 2 aliphatic rings. The van der Waals surface area contributed by atoms with Gasteiger partial charge in [0.25, 0.3) is 5.91 Å². The van der Waals surface area contributed by atoms with E-state index in [0.717, 1.165) is 30.0 Å². The number of nitrogens with one attached hydrogen (secondary N) is 2. The number of aromatic nitrogens is 1. The van der Waals surface area contributed by atoms with Gasteiger partial charge >= 0.3 is 11.9 Å². The van der Waals surface area contributed by atoms with Crippen LogP contribution in [0.2, 0.25) is 0 Å². The van der Waals surface area contributed by atoms with Gasteiger partial charge in [-0.15, -0.1) is 34.7 Å². The van der Waals surface area contributed by atoms with Crippen LogP contribution in [-0.2, 0) is 28.7 Å². The summed E-state index contributed by atoms with van der Waals surface area (Å²) in [6.45, 7) is 0.590. The number of halogens is 1. The van der Waals surface area contributed by atoms with Crippen LogP contribution in [0.5, 0.6) is 0 Å². The molecular weight excluding hydrogens is 502 g/mol. The highest BCUT2D eigenvalue weighted by Gasteiger charge is 2.58. The lowest BCUT2D eigenvalue weighted by atomic mass is 9.88. The molecule has 2 unspecified atom stereocenters. The number of hydrogen-bond donors (Lipinski definition) is 4. The molecule has 1 aromatic heterocycles. The van der Waals surface area contributed by atoms with Crippen LogP contribution in [0.3, 0.4) is 0 Å². The number of carboxylic acid groups (broad SMARTS) is 1. The highest BCUT2D eigenvalue weighted by atomic mass is 35.5. The fraction of sp³-hybridized carbons (Fsp3) is 0.471. The molecule has 13 nitrogen and oxygen atoms in total.